The molecule has 1 aromatic carbocycles. The Morgan fingerprint density at radius 1 is 0.958 bits per heavy atom. The number of methoxy groups -OCH3 is 1. The zero-order valence-electron chi connectivity index (χ0n) is 41.1. The molecule has 6 heterocycles. The van der Waals surface area contributed by atoms with Gasteiger partial charge in [-0.25, -0.2) is 19.3 Å². The molecular formula is C49H63Cl2N13O6S. The minimum atomic E-state index is -0.761. The Morgan fingerprint density at radius 2 is 1.68 bits per heavy atom. The first-order valence-corrected chi connectivity index (χ1v) is 25.5. The van der Waals surface area contributed by atoms with Gasteiger partial charge in [-0.15, -0.1) is 16.1 Å². The summed E-state index contributed by atoms with van der Waals surface area (Å²) in [6.07, 6.45) is 8.93. The summed E-state index contributed by atoms with van der Waals surface area (Å²) in [5, 5.41) is 35.9. The first-order chi connectivity index (χ1) is 34.0. The standard InChI is InChI=1S/C49H63Cl2N13O6S/c1-29(32-14-16-33(17-15-32)43-30(2)54-28-71-43)57-45(66)39-23-34(65)27-62(39)47(67)35(49(4,5)6)13-11-9-8-10-12-18-52-21-22-70-46-37(24-36(50)44(60-46)64-55-19-20-56-64)58-48(68)59-38-26-53-41-25-40(51)61-63(41)42(38)31(3)69-7/h14-17,19-20,24-26,28-29,31,34-35,39,52,65H,8-13,18,21-23,27H2,1-7H3,(H,57,66)(H2,58,59,68)/t29?,31?,34-,35?,39+/m1/s1. The highest BCUT2D eigenvalue weighted by Gasteiger charge is 2.44. The molecule has 5 aromatic heterocycles. The number of benzene rings is 1. The van der Waals surface area contributed by atoms with Crippen molar-refractivity contribution in [3.05, 3.63) is 87.6 Å². The number of hydrogen-bond donors (Lipinski definition) is 5. The summed E-state index contributed by atoms with van der Waals surface area (Å²) in [6, 6.07) is 9.58. The van der Waals surface area contributed by atoms with Crippen LogP contribution >= 0.6 is 34.5 Å². The molecule has 1 fully saturated rings. The number of halogens is 2. The van der Waals surface area contributed by atoms with E-state index in [1.165, 1.54) is 34.0 Å². The second-order valence-corrected chi connectivity index (χ2v) is 20.5. The van der Waals surface area contributed by atoms with Gasteiger partial charge in [-0.05, 0) is 62.8 Å². The second-order valence-electron chi connectivity index (χ2n) is 18.8. The maximum atomic E-state index is 14.2. The van der Waals surface area contributed by atoms with Gasteiger partial charge >= 0.3 is 6.03 Å². The number of amides is 4. The molecule has 71 heavy (non-hydrogen) atoms. The quantitative estimate of drug-likeness (QED) is 0.0402. The lowest BCUT2D eigenvalue weighted by Crippen LogP contribution is -2.50. The van der Waals surface area contributed by atoms with Gasteiger partial charge in [0.2, 0.25) is 17.7 Å². The lowest BCUT2D eigenvalue weighted by atomic mass is 9.76. The number of pyridine rings is 1. The van der Waals surface area contributed by atoms with Crippen LogP contribution in [0.25, 0.3) is 21.9 Å². The third kappa shape index (κ3) is 13.4. The molecule has 19 nitrogen and oxygen atoms in total. The summed E-state index contributed by atoms with van der Waals surface area (Å²) in [4.78, 5) is 58.7. The number of likely N-dealkylation sites (tertiary alicyclic amines) is 1. The fourth-order valence-electron chi connectivity index (χ4n) is 8.73. The molecule has 5 atom stereocenters. The van der Waals surface area contributed by atoms with Crippen LogP contribution in [-0.2, 0) is 14.3 Å². The number of aliphatic hydroxyl groups excluding tert-OH is 1. The highest BCUT2D eigenvalue weighted by molar-refractivity contribution is 7.13. The van der Waals surface area contributed by atoms with Gasteiger partial charge < -0.3 is 40.7 Å². The zero-order valence-corrected chi connectivity index (χ0v) is 43.4. The smallest absolute Gasteiger partial charge is 0.323 e. The summed E-state index contributed by atoms with van der Waals surface area (Å²) < 4.78 is 13.2. The number of aliphatic hydroxyl groups is 1. The molecule has 0 radical (unpaired) electrons. The van der Waals surface area contributed by atoms with Crippen LogP contribution in [0.15, 0.2) is 60.5 Å². The Hall–Kier alpha value is -5.77. The minimum Gasteiger partial charge on any atom is -0.475 e. The highest BCUT2D eigenvalue weighted by Crippen LogP contribution is 2.36. The second kappa shape index (κ2) is 24.1. The Kier molecular flexibility index (Phi) is 18.0. The zero-order chi connectivity index (χ0) is 50.8. The number of hydrogen-bond acceptors (Lipinski definition) is 14. The van der Waals surface area contributed by atoms with E-state index in [2.05, 4.69) is 72.3 Å². The number of aromatic nitrogens is 8. The molecule has 0 spiro atoms. The van der Waals surface area contributed by atoms with Crippen molar-refractivity contribution in [2.45, 2.75) is 111 Å². The Balaban J connectivity index is 0.852. The molecule has 380 valence electrons. The van der Waals surface area contributed by atoms with E-state index < -0.39 is 24.3 Å². The lowest BCUT2D eigenvalue weighted by molar-refractivity contribution is -0.145. The Morgan fingerprint density at radius 3 is 2.38 bits per heavy atom. The number of rotatable bonds is 22. The predicted molar refractivity (Wildman–Crippen MR) is 274 cm³/mol. The SMILES string of the molecule is COC(C)c1c(NC(=O)Nc2cc(Cl)c(-n3nccn3)nc2OCCNCCCCCCCC(C(=O)N2C[C@H](O)C[C@H]2C(=O)NC(C)c2ccc(-c3scnc3C)cc2)C(C)(C)C)cnc2cc(Cl)nn12. The molecule has 1 aliphatic rings. The van der Waals surface area contributed by atoms with Crippen molar-refractivity contribution in [2.75, 3.05) is 44.0 Å². The number of nitrogens with zero attached hydrogens (tertiary/aromatic N) is 9. The van der Waals surface area contributed by atoms with Gasteiger partial charge in [0.25, 0.3) is 0 Å². The normalized spacial score (nSPS) is 16.2. The summed E-state index contributed by atoms with van der Waals surface area (Å²) in [7, 11) is 1.54. The van der Waals surface area contributed by atoms with Crippen molar-refractivity contribution in [3.8, 4) is 22.1 Å². The number of carbonyl (C=O) groups excluding carboxylic acids is 3. The summed E-state index contributed by atoms with van der Waals surface area (Å²) >= 11 is 14.4. The average molecular weight is 1030 g/mol. The van der Waals surface area contributed by atoms with E-state index >= 15 is 0 Å². The number of unbranched alkanes of at least 4 members (excludes halogenated alkanes) is 4. The topological polar surface area (TPSA) is 228 Å². The van der Waals surface area contributed by atoms with Crippen molar-refractivity contribution >= 4 is 69.4 Å². The summed E-state index contributed by atoms with van der Waals surface area (Å²) in [5.41, 5.74) is 6.10. The Labute approximate surface area is 427 Å². The van der Waals surface area contributed by atoms with Crippen LogP contribution in [0.5, 0.6) is 5.88 Å². The maximum Gasteiger partial charge on any atom is 0.323 e. The number of fused-ring (bicyclic) bond motifs is 1. The van der Waals surface area contributed by atoms with Gasteiger partial charge in [-0.3, -0.25) is 9.59 Å². The first-order valence-electron chi connectivity index (χ1n) is 23.9. The van der Waals surface area contributed by atoms with E-state index in [0.717, 1.165) is 60.3 Å². The largest absolute Gasteiger partial charge is 0.475 e. The number of carbonyl (C=O) groups is 3. The number of aryl methyl sites for hydroxylation is 1. The van der Waals surface area contributed by atoms with Crippen LogP contribution in [0.3, 0.4) is 0 Å². The third-order valence-corrected chi connectivity index (χ3v) is 14.0. The highest BCUT2D eigenvalue weighted by atomic mass is 35.5. The van der Waals surface area contributed by atoms with E-state index in [1.807, 2.05) is 50.5 Å². The van der Waals surface area contributed by atoms with Gasteiger partial charge in [0.1, 0.15) is 18.3 Å². The molecule has 1 aliphatic heterocycles. The fourth-order valence-corrected chi connectivity index (χ4v) is 9.94. The van der Waals surface area contributed by atoms with Gasteiger partial charge in [-0.1, -0.05) is 93.9 Å². The van der Waals surface area contributed by atoms with E-state index in [-0.39, 0.29) is 76.3 Å². The fraction of sp³-hybridized carbons (Fsp3) is 0.490. The molecule has 22 heteroatoms. The van der Waals surface area contributed by atoms with Gasteiger partial charge in [0, 0.05) is 38.6 Å². The average Bonchev–Trinajstić information content (AvgIpc) is 4.17. The Bertz CT molecular complexity index is 2750. The van der Waals surface area contributed by atoms with Crippen LogP contribution in [-0.4, -0.2) is 113 Å². The summed E-state index contributed by atoms with van der Waals surface area (Å²) in [6.45, 7) is 13.6. The first kappa shape index (κ1) is 53.0. The monoisotopic (exact) mass is 1030 g/mol. The van der Waals surface area contributed by atoms with E-state index in [0.29, 0.717) is 30.0 Å². The van der Waals surface area contributed by atoms with Crippen LogP contribution in [0.1, 0.15) is 109 Å². The van der Waals surface area contributed by atoms with Gasteiger partial charge in [0.05, 0.1) is 69.3 Å². The van der Waals surface area contributed by atoms with Crippen molar-refractivity contribution in [2.24, 2.45) is 11.3 Å². The number of anilines is 2. The minimum absolute atomic E-state index is 0.0785. The number of thiazole rings is 1. The number of ether oxygens (including phenoxy) is 2. The molecule has 4 amide bonds. The van der Waals surface area contributed by atoms with Crippen LogP contribution in [0, 0.1) is 18.3 Å². The van der Waals surface area contributed by atoms with Crippen molar-refractivity contribution in [1.29, 1.82) is 0 Å². The van der Waals surface area contributed by atoms with Crippen molar-refractivity contribution in [3.63, 3.8) is 0 Å². The predicted octanol–water partition coefficient (Wildman–Crippen LogP) is 8.61. The van der Waals surface area contributed by atoms with Crippen LogP contribution in [0.2, 0.25) is 10.2 Å². The number of nitrogens with one attached hydrogen (secondary N) is 4. The molecule has 0 aliphatic carbocycles. The number of urea groups is 1. The van der Waals surface area contributed by atoms with E-state index in [1.54, 1.807) is 29.4 Å². The van der Waals surface area contributed by atoms with E-state index in [9.17, 15) is 19.5 Å². The molecule has 6 aromatic rings. The van der Waals surface area contributed by atoms with E-state index in [4.69, 9.17) is 32.7 Å². The lowest BCUT2D eigenvalue weighted by Gasteiger charge is -2.35. The van der Waals surface area contributed by atoms with Crippen LogP contribution < -0.4 is 26.0 Å². The molecule has 1 saturated heterocycles. The molecule has 3 unspecified atom stereocenters. The van der Waals surface area contributed by atoms with Gasteiger partial charge in [-0.2, -0.15) is 20.3 Å². The molecule has 5 N–H and O–H groups in total. The molecular weight excluding hydrogens is 970 g/mol. The maximum absolute atomic E-state index is 14.2. The van der Waals surface area contributed by atoms with Gasteiger partial charge in [0.15, 0.2) is 16.6 Å². The van der Waals surface area contributed by atoms with Crippen molar-refractivity contribution < 1.29 is 29.0 Å². The number of β-amino-alcohol motifs (C(OH)–C–C–N with tert-alkyl or cyclic N) is 1. The molecule has 0 saturated carbocycles. The molecule has 7 rings (SSSR count). The third-order valence-electron chi connectivity index (χ3n) is 12.6. The van der Waals surface area contributed by atoms with Crippen molar-refractivity contribution in [1.82, 2.24) is 55.1 Å². The summed E-state index contributed by atoms with van der Waals surface area (Å²) in [5.74, 6) is -0.303. The van der Waals surface area contributed by atoms with Crippen LogP contribution in [0.4, 0.5) is 16.2 Å². The molecule has 0 bridgehead atoms.